The number of para-hydroxylation sites is 1. The third-order valence-electron chi connectivity index (χ3n) is 5.97. The van der Waals surface area contributed by atoms with E-state index in [4.69, 9.17) is 12.2 Å². The number of benzene rings is 1. The van der Waals surface area contributed by atoms with Gasteiger partial charge in [0.15, 0.2) is 5.11 Å². The van der Waals surface area contributed by atoms with E-state index < -0.39 is 0 Å². The predicted octanol–water partition coefficient (Wildman–Crippen LogP) is 4.79. The summed E-state index contributed by atoms with van der Waals surface area (Å²) < 4.78 is 2.29. The predicted molar refractivity (Wildman–Crippen MR) is 115 cm³/mol. The van der Waals surface area contributed by atoms with E-state index in [0.29, 0.717) is 6.04 Å². The molecule has 2 aliphatic rings. The highest BCUT2D eigenvalue weighted by molar-refractivity contribution is 7.80. The van der Waals surface area contributed by atoms with Crippen LogP contribution in [0.5, 0.6) is 0 Å². The molecular weight excluding hydrogens is 364 g/mol. The molecule has 2 aromatic heterocycles. The van der Waals surface area contributed by atoms with Gasteiger partial charge in [-0.05, 0) is 61.5 Å². The number of rotatable bonds is 4. The second-order valence-corrected chi connectivity index (χ2v) is 8.00. The SMILES string of the molecule is S=C1N[C@@H](c2ccccn2)[C@H](c2cccn2-c2ccccc2)N1C1CCCC1. The van der Waals surface area contributed by atoms with E-state index in [9.17, 15) is 0 Å². The second kappa shape index (κ2) is 7.40. The first kappa shape index (κ1) is 17.4. The van der Waals surface area contributed by atoms with Crippen molar-refractivity contribution in [1.29, 1.82) is 0 Å². The first-order valence-electron chi connectivity index (χ1n) is 10.1. The fraction of sp³-hybridized carbons (Fsp3) is 0.304. The molecular formula is C23H24N4S. The molecule has 0 amide bonds. The zero-order chi connectivity index (χ0) is 18.9. The topological polar surface area (TPSA) is 33.1 Å². The van der Waals surface area contributed by atoms with Gasteiger partial charge in [-0.25, -0.2) is 0 Å². The van der Waals surface area contributed by atoms with Gasteiger partial charge in [0.2, 0.25) is 0 Å². The summed E-state index contributed by atoms with van der Waals surface area (Å²) in [6.07, 6.45) is 8.99. The Morgan fingerprint density at radius 2 is 1.71 bits per heavy atom. The minimum absolute atomic E-state index is 0.0478. The highest BCUT2D eigenvalue weighted by Crippen LogP contribution is 2.43. The third kappa shape index (κ3) is 3.00. The van der Waals surface area contributed by atoms with E-state index in [1.165, 1.54) is 37.1 Å². The Morgan fingerprint density at radius 3 is 2.46 bits per heavy atom. The summed E-state index contributed by atoms with van der Waals surface area (Å²) in [6, 6.07) is 21.7. The van der Waals surface area contributed by atoms with Gasteiger partial charge < -0.3 is 14.8 Å². The highest BCUT2D eigenvalue weighted by atomic mass is 32.1. The lowest BCUT2D eigenvalue weighted by Crippen LogP contribution is -2.38. The lowest BCUT2D eigenvalue weighted by atomic mass is 9.99. The van der Waals surface area contributed by atoms with E-state index in [2.05, 4.69) is 80.6 Å². The van der Waals surface area contributed by atoms with Crippen molar-refractivity contribution in [1.82, 2.24) is 19.8 Å². The van der Waals surface area contributed by atoms with E-state index in [1.807, 2.05) is 12.3 Å². The number of nitrogens with one attached hydrogen (secondary N) is 1. The van der Waals surface area contributed by atoms with Crippen LogP contribution in [0.3, 0.4) is 0 Å². The summed E-state index contributed by atoms with van der Waals surface area (Å²) in [6.45, 7) is 0. The quantitative estimate of drug-likeness (QED) is 0.652. The molecule has 0 radical (unpaired) electrons. The Kier molecular flexibility index (Phi) is 4.61. The maximum Gasteiger partial charge on any atom is 0.170 e. The molecule has 5 rings (SSSR count). The smallest absolute Gasteiger partial charge is 0.170 e. The summed E-state index contributed by atoms with van der Waals surface area (Å²) in [5.74, 6) is 0. The summed E-state index contributed by atoms with van der Waals surface area (Å²) in [5.41, 5.74) is 3.46. The van der Waals surface area contributed by atoms with Crippen LogP contribution in [0.15, 0.2) is 73.1 Å². The van der Waals surface area contributed by atoms with Crippen LogP contribution in [-0.4, -0.2) is 25.6 Å². The molecule has 2 atom stereocenters. The van der Waals surface area contributed by atoms with Gasteiger partial charge in [-0.15, -0.1) is 0 Å². The van der Waals surface area contributed by atoms with E-state index >= 15 is 0 Å². The van der Waals surface area contributed by atoms with Gasteiger partial charge in [-0.1, -0.05) is 37.1 Å². The van der Waals surface area contributed by atoms with Crippen molar-refractivity contribution in [2.45, 2.75) is 43.8 Å². The molecule has 4 nitrogen and oxygen atoms in total. The van der Waals surface area contributed by atoms with Crippen molar-refractivity contribution in [2.75, 3.05) is 0 Å². The van der Waals surface area contributed by atoms with Gasteiger partial charge in [-0.3, -0.25) is 4.98 Å². The zero-order valence-corrected chi connectivity index (χ0v) is 16.6. The zero-order valence-electron chi connectivity index (χ0n) is 15.7. The standard InChI is InChI=1S/C23H24N4S/c28-23-25-21(19-13-6-7-15-24-19)22(27(23)18-11-4-5-12-18)20-14-8-16-26(20)17-9-2-1-3-10-17/h1-3,6-10,13-16,18,21-22H,4-5,11-12H2,(H,25,28)/t21-,22-/m0/s1. The summed E-state index contributed by atoms with van der Waals surface area (Å²) in [5, 5.41) is 4.45. The van der Waals surface area contributed by atoms with Crippen molar-refractivity contribution < 1.29 is 0 Å². The van der Waals surface area contributed by atoms with E-state index in [-0.39, 0.29) is 12.1 Å². The molecule has 1 aliphatic carbocycles. The summed E-state index contributed by atoms with van der Waals surface area (Å²) in [4.78, 5) is 7.12. The van der Waals surface area contributed by atoms with Crippen molar-refractivity contribution in [3.05, 3.63) is 84.4 Å². The van der Waals surface area contributed by atoms with Gasteiger partial charge in [-0.2, -0.15) is 0 Å². The van der Waals surface area contributed by atoms with Crippen molar-refractivity contribution in [3.8, 4) is 5.69 Å². The first-order valence-corrected chi connectivity index (χ1v) is 10.5. The molecule has 1 N–H and O–H groups in total. The third-order valence-corrected chi connectivity index (χ3v) is 6.30. The molecule has 1 aromatic carbocycles. The molecule has 2 fully saturated rings. The number of thiocarbonyl (C=S) groups is 1. The van der Waals surface area contributed by atoms with Gasteiger partial charge >= 0.3 is 0 Å². The maximum atomic E-state index is 5.84. The average molecular weight is 389 g/mol. The van der Waals surface area contributed by atoms with Crippen LogP contribution in [0.1, 0.15) is 49.2 Å². The van der Waals surface area contributed by atoms with Crippen LogP contribution < -0.4 is 5.32 Å². The van der Waals surface area contributed by atoms with Gasteiger partial charge in [0.05, 0.1) is 17.8 Å². The lowest BCUT2D eigenvalue weighted by molar-refractivity contribution is 0.239. The molecule has 0 bridgehead atoms. The van der Waals surface area contributed by atoms with Crippen molar-refractivity contribution >= 4 is 17.3 Å². The molecule has 0 unspecified atom stereocenters. The highest BCUT2D eigenvalue weighted by Gasteiger charge is 2.44. The van der Waals surface area contributed by atoms with E-state index in [1.54, 1.807) is 0 Å². The van der Waals surface area contributed by atoms with Crippen LogP contribution in [0.2, 0.25) is 0 Å². The van der Waals surface area contributed by atoms with Crippen LogP contribution >= 0.6 is 12.2 Å². The Morgan fingerprint density at radius 1 is 0.929 bits per heavy atom. The average Bonchev–Trinajstić information content (AvgIpc) is 3.48. The molecule has 1 saturated heterocycles. The Hall–Kier alpha value is -2.66. The fourth-order valence-corrected chi connectivity index (χ4v) is 5.11. The van der Waals surface area contributed by atoms with Crippen LogP contribution in [0.4, 0.5) is 0 Å². The molecule has 3 aromatic rings. The molecule has 0 spiro atoms. The molecule has 1 aliphatic heterocycles. The minimum Gasteiger partial charge on any atom is -0.352 e. The number of pyridine rings is 1. The number of aromatic nitrogens is 2. The Balaban J connectivity index is 1.62. The number of hydrogen-bond donors (Lipinski definition) is 1. The van der Waals surface area contributed by atoms with Crippen molar-refractivity contribution in [3.63, 3.8) is 0 Å². The van der Waals surface area contributed by atoms with Gasteiger partial charge in [0, 0.05) is 29.8 Å². The normalized spacial score (nSPS) is 22.6. The Bertz CT molecular complexity index is 947. The molecule has 142 valence electrons. The van der Waals surface area contributed by atoms with Crippen molar-refractivity contribution in [2.24, 2.45) is 0 Å². The van der Waals surface area contributed by atoms with E-state index in [0.717, 1.165) is 10.8 Å². The lowest BCUT2D eigenvalue weighted by Gasteiger charge is -2.33. The van der Waals surface area contributed by atoms with Gasteiger partial charge in [0.25, 0.3) is 0 Å². The molecule has 3 heterocycles. The number of nitrogens with zero attached hydrogens (tertiary/aromatic N) is 3. The summed E-state index contributed by atoms with van der Waals surface area (Å²) in [7, 11) is 0. The summed E-state index contributed by atoms with van der Waals surface area (Å²) >= 11 is 5.84. The molecule has 5 heteroatoms. The van der Waals surface area contributed by atoms with Crippen LogP contribution in [0, 0.1) is 0 Å². The largest absolute Gasteiger partial charge is 0.352 e. The van der Waals surface area contributed by atoms with Gasteiger partial charge in [0.1, 0.15) is 0 Å². The minimum atomic E-state index is 0.0478. The molecule has 28 heavy (non-hydrogen) atoms. The van der Waals surface area contributed by atoms with Crippen LogP contribution in [-0.2, 0) is 0 Å². The molecule has 1 saturated carbocycles. The second-order valence-electron chi connectivity index (χ2n) is 7.61. The fourth-order valence-electron chi connectivity index (χ4n) is 4.72. The first-order chi connectivity index (χ1) is 13.8. The maximum absolute atomic E-state index is 5.84. The van der Waals surface area contributed by atoms with Crippen LogP contribution in [0.25, 0.3) is 5.69 Å². The monoisotopic (exact) mass is 388 g/mol. The Labute approximate surface area is 171 Å². The number of hydrogen-bond acceptors (Lipinski definition) is 2.